The predicted octanol–water partition coefficient (Wildman–Crippen LogP) is 2.22. The molecule has 0 saturated carbocycles. The Labute approximate surface area is 95.5 Å². The molecule has 0 aliphatic carbocycles. The van der Waals surface area contributed by atoms with Crippen LogP contribution >= 0.6 is 0 Å². The lowest BCUT2D eigenvalue weighted by molar-refractivity contribution is 0.310. The number of pyridine rings is 1. The number of nitrogens with one attached hydrogen (secondary N) is 1. The van der Waals surface area contributed by atoms with E-state index in [9.17, 15) is 0 Å². The second kappa shape index (κ2) is 5.47. The normalized spacial score (nSPS) is 10.6. The summed E-state index contributed by atoms with van der Waals surface area (Å²) in [6, 6.07) is 8.09. The highest BCUT2D eigenvalue weighted by Crippen LogP contribution is 2.19. The zero-order valence-electron chi connectivity index (χ0n) is 9.44. The zero-order valence-corrected chi connectivity index (χ0v) is 9.44. The van der Waals surface area contributed by atoms with Crippen molar-refractivity contribution in [3.05, 3.63) is 36.7 Å². The summed E-state index contributed by atoms with van der Waals surface area (Å²) in [4.78, 5) is 4.10. The van der Waals surface area contributed by atoms with E-state index in [0.717, 1.165) is 30.7 Å². The standard InChI is InChI=1S/C13H16N2O/c1-14-6-2-8-16-13-4-3-11-5-7-15-10-12(11)9-13/h3-5,7,9-10,14H,2,6,8H2,1H3. The van der Waals surface area contributed by atoms with Crippen molar-refractivity contribution in [2.75, 3.05) is 20.2 Å². The molecule has 2 aromatic rings. The molecule has 0 bridgehead atoms. The molecule has 0 fully saturated rings. The maximum Gasteiger partial charge on any atom is 0.119 e. The Morgan fingerprint density at radius 3 is 3.06 bits per heavy atom. The summed E-state index contributed by atoms with van der Waals surface area (Å²) >= 11 is 0. The molecule has 1 aromatic carbocycles. The van der Waals surface area contributed by atoms with Crippen molar-refractivity contribution in [2.45, 2.75) is 6.42 Å². The van der Waals surface area contributed by atoms with Gasteiger partial charge in [-0.3, -0.25) is 4.98 Å². The fraction of sp³-hybridized carbons (Fsp3) is 0.308. The summed E-state index contributed by atoms with van der Waals surface area (Å²) in [7, 11) is 1.95. The third-order valence-corrected chi connectivity index (χ3v) is 2.45. The summed E-state index contributed by atoms with van der Waals surface area (Å²) in [5.74, 6) is 0.914. The molecular weight excluding hydrogens is 200 g/mol. The van der Waals surface area contributed by atoms with Gasteiger partial charge in [0, 0.05) is 17.8 Å². The third kappa shape index (κ3) is 2.70. The van der Waals surface area contributed by atoms with Crippen molar-refractivity contribution in [1.29, 1.82) is 0 Å². The fourth-order valence-electron chi connectivity index (χ4n) is 1.59. The van der Waals surface area contributed by atoms with Crippen LogP contribution in [0.1, 0.15) is 6.42 Å². The van der Waals surface area contributed by atoms with Crippen LogP contribution in [0.5, 0.6) is 5.75 Å². The molecule has 0 radical (unpaired) electrons. The summed E-state index contributed by atoms with van der Waals surface area (Å²) in [5, 5.41) is 5.40. The largest absolute Gasteiger partial charge is 0.494 e. The lowest BCUT2D eigenvalue weighted by Gasteiger charge is -2.06. The molecular formula is C13H16N2O. The first kappa shape index (κ1) is 10.9. The van der Waals surface area contributed by atoms with E-state index in [4.69, 9.17) is 4.74 Å². The minimum absolute atomic E-state index is 0.743. The first-order valence-corrected chi connectivity index (χ1v) is 5.51. The van der Waals surface area contributed by atoms with Crippen LogP contribution in [-0.2, 0) is 0 Å². The molecule has 0 saturated heterocycles. The van der Waals surface area contributed by atoms with E-state index < -0.39 is 0 Å². The van der Waals surface area contributed by atoms with E-state index >= 15 is 0 Å². The Hall–Kier alpha value is -1.61. The van der Waals surface area contributed by atoms with E-state index in [2.05, 4.69) is 16.4 Å². The lowest BCUT2D eigenvalue weighted by atomic mass is 10.2. The molecule has 1 heterocycles. The molecule has 16 heavy (non-hydrogen) atoms. The number of ether oxygens (including phenoxy) is 1. The van der Waals surface area contributed by atoms with Crippen LogP contribution in [0, 0.1) is 0 Å². The van der Waals surface area contributed by atoms with Crippen LogP contribution in [0.3, 0.4) is 0 Å². The van der Waals surface area contributed by atoms with E-state index in [-0.39, 0.29) is 0 Å². The molecule has 0 spiro atoms. The van der Waals surface area contributed by atoms with Gasteiger partial charge < -0.3 is 10.1 Å². The SMILES string of the molecule is CNCCCOc1ccc2ccncc2c1. The Bertz CT molecular complexity index is 456. The Morgan fingerprint density at radius 1 is 1.25 bits per heavy atom. The van der Waals surface area contributed by atoms with E-state index in [0.29, 0.717) is 0 Å². The van der Waals surface area contributed by atoms with E-state index in [1.54, 1.807) is 6.20 Å². The second-order valence-electron chi connectivity index (χ2n) is 3.69. The van der Waals surface area contributed by atoms with Gasteiger partial charge in [0.15, 0.2) is 0 Å². The highest BCUT2D eigenvalue weighted by atomic mass is 16.5. The summed E-state index contributed by atoms with van der Waals surface area (Å²) in [6.45, 7) is 1.72. The minimum Gasteiger partial charge on any atom is -0.494 e. The molecule has 84 valence electrons. The first-order valence-electron chi connectivity index (χ1n) is 5.51. The van der Waals surface area contributed by atoms with Gasteiger partial charge in [-0.25, -0.2) is 0 Å². The topological polar surface area (TPSA) is 34.1 Å². The molecule has 3 heteroatoms. The highest BCUT2D eigenvalue weighted by molar-refractivity contribution is 5.82. The van der Waals surface area contributed by atoms with Gasteiger partial charge in [-0.1, -0.05) is 6.07 Å². The average molecular weight is 216 g/mol. The van der Waals surface area contributed by atoms with Gasteiger partial charge >= 0.3 is 0 Å². The second-order valence-corrected chi connectivity index (χ2v) is 3.69. The van der Waals surface area contributed by atoms with Crippen LogP contribution in [0.4, 0.5) is 0 Å². The Kier molecular flexibility index (Phi) is 3.72. The molecule has 0 aliphatic rings. The number of hydrogen-bond acceptors (Lipinski definition) is 3. The smallest absolute Gasteiger partial charge is 0.119 e. The van der Waals surface area contributed by atoms with E-state index in [1.807, 2.05) is 31.4 Å². The van der Waals surface area contributed by atoms with Crippen LogP contribution in [0.25, 0.3) is 10.8 Å². The zero-order chi connectivity index (χ0) is 11.2. The van der Waals surface area contributed by atoms with Gasteiger partial charge in [0.05, 0.1) is 6.61 Å². The number of hydrogen-bond donors (Lipinski definition) is 1. The van der Waals surface area contributed by atoms with Crippen LogP contribution in [-0.4, -0.2) is 25.2 Å². The van der Waals surface area contributed by atoms with Gasteiger partial charge in [-0.05, 0) is 43.6 Å². The van der Waals surface area contributed by atoms with Gasteiger partial charge in [-0.2, -0.15) is 0 Å². The molecule has 0 unspecified atom stereocenters. The van der Waals surface area contributed by atoms with Crippen LogP contribution < -0.4 is 10.1 Å². The summed E-state index contributed by atoms with van der Waals surface area (Å²) < 4.78 is 5.65. The lowest BCUT2D eigenvalue weighted by Crippen LogP contribution is -2.11. The first-order chi connectivity index (χ1) is 7.90. The Balaban J connectivity index is 2.02. The fourth-order valence-corrected chi connectivity index (χ4v) is 1.59. The highest BCUT2D eigenvalue weighted by Gasteiger charge is 1.96. The molecule has 2 rings (SSSR count). The molecule has 0 atom stereocenters. The maximum absolute atomic E-state index is 5.65. The maximum atomic E-state index is 5.65. The Morgan fingerprint density at radius 2 is 2.19 bits per heavy atom. The van der Waals surface area contributed by atoms with E-state index in [1.165, 1.54) is 5.39 Å². The van der Waals surface area contributed by atoms with Crippen molar-refractivity contribution in [3.8, 4) is 5.75 Å². The monoisotopic (exact) mass is 216 g/mol. The predicted molar refractivity (Wildman–Crippen MR) is 65.8 cm³/mol. The van der Waals surface area contributed by atoms with Crippen LogP contribution in [0.2, 0.25) is 0 Å². The van der Waals surface area contributed by atoms with Crippen molar-refractivity contribution >= 4 is 10.8 Å². The molecule has 3 nitrogen and oxygen atoms in total. The van der Waals surface area contributed by atoms with Gasteiger partial charge in [0.2, 0.25) is 0 Å². The van der Waals surface area contributed by atoms with Crippen molar-refractivity contribution in [3.63, 3.8) is 0 Å². The third-order valence-electron chi connectivity index (χ3n) is 2.45. The van der Waals surface area contributed by atoms with Gasteiger partial charge in [0.25, 0.3) is 0 Å². The van der Waals surface area contributed by atoms with Crippen molar-refractivity contribution in [1.82, 2.24) is 10.3 Å². The number of aromatic nitrogens is 1. The molecule has 1 aromatic heterocycles. The molecule has 0 amide bonds. The van der Waals surface area contributed by atoms with Crippen molar-refractivity contribution in [2.24, 2.45) is 0 Å². The van der Waals surface area contributed by atoms with Crippen molar-refractivity contribution < 1.29 is 4.74 Å². The number of nitrogens with zero attached hydrogens (tertiary/aromatic N) is 1. The summed E-state index contributed by atoms with van der Waals surface area (Å²) in [6.07, 6.45) is 4.67. The van der Waals surface area contributed by atoms with Crippen LogP contribution in [0.15, 0.2) is 36.7 Å². The quantitative estimate of drug-likeness (QED) is 0.778. The van der Waals surface area contributed by atoms with Gasteiger partial charge in [-0.15, -0.1) is 0 Å². The minimum atomic E-state index is 0.743. The van der Waals surface area contributed by atoms with Gasteiger partial charge in [0.1, 0.15) is 5.75 Å². The summed E-state index contributed by atoms with van der Waals surface area (Å²) in [5.41, 5.74) is 0. The molecule has 0 aliphatic heterocycles. The average Bonchev–Trinajstić information content (AvgIpc) is 2.34. The number of benzene rings is 1. The molecule has 1 N–H and O–H groups in total. The number of rotatable bonds is 5. The number of fused-ring (bicyclic) bond motifs is 1.